The van der Waals surface area contributed by atoms with Crippen LogP contribution in [0, 0.1) is 13.8 Å². The second-order valence-corrected chi connectivity index (χ2v) is 7.51. The summed E-state index contributed by atoms with van der Waals surface area (Å²) in [6.45, 7) is 4.76. The van der Waals surface area contributed by atoms with E-state index in [2.05, 4.69) is 15.0 Å². The monoisotopic (exact) mass is 325 g/mol. The quantitative estimate of drug-likeness (QED) is 0.852. The lowest BCUT2D eigenvalue weighted by atomic mass is 10.1. The summed E-state index contributed by atoms with van der Waals surface area (Å²) in [5, 5.41) is 3.04. The van der Waals surface area contributed by atoms with E-state index in [0.717, 1.165) is 21.7 Å². The van der Waals surface area contributed by atoms with Crippen molar-refractivity contribution in [3.63, 3.8) is 0 Å². The Hall–Kier alpha value is -1.28. The number of hydrogen-bond acceptors (Lipinski definition) is 5. The van der Waals surface area contributed by atoms with Gasteiger partial charge in [0.1, 0.15) is 0 Å². The van der Waals surface area contributed by atoms with Gasteiger partial charge in [-0.3, -0.25) is 0 Å². The largest absolute Gasteiger partial charge is 0.316 e. The normalized spacial score (nSPS) is 11.8. The molecule has 0 spiro atoms. The predicted octanol–water partition coefficient (Wildman–Crippen LogP) is 1.96. The number of aryl methyl sites for hydroxylation is 2. The van der Waals surface area contributed by atoms with Crippen LogP contribution in [0.2, 0.25) is 0 Å². The third-order valence-corrected chi connectivity index (χ3v) is 5.60. The highest BCUT2D eigenvalue weighted by atomic mass is 32.2. The van der Waals surface area contributed by atoms with Crippen LogP contribution in [0.1, 0.15) is 21.7 Å². The van der Waals surface area contributed by atoms with Gasteiger partial charge >= 0.3 is 0 Å². The number of nitrogens with zero attached hydrogens (tertiary/aromatic N) is 1. The molecule has 2 rings (SSSR count). The summed E-state index contributed by atoms with van der Waals surface area (Å²) in [7, 11) is -1.67. The highest BCUT2D eigenvalue weighted by Crippen LogP contribution is 2.17. The molecule has 0 radical (unpaired) electrons. The minimum Gasteiger partial charge on any atom is -0.316 e. The van der Waals surface area contributed by atoms with Crippen molar-refractivity contribution in [3.05, 3.63) is 45.4 Å². The number of hydrogen-bond donors (Lipinski definition) is 2. The van der Waals surface area contributed by atoms with E-state index in [0.29, 0.717) is 11.4 Å². The van der Waals surface area contributed by atoms with Gasteiger partial charge in [0.25, 0.3) is 0 Å². The lowest BCUT2D eigenvalue weighted by Gasteiger charge is -2.10. The van der Waals surface area contributed by atoms with Crippen LogP contribution in [-0.4, -0.2) is 20.4 Å². The fourth-order valence-electron chi connectivity index (χ4n) is 1.94. The minimum atomic E-state index is -3.51. The molecular formula is C14H19N3O2S2. The maximum absolute atomic E-state index is 12.4. The van der Waals surface area contributed by atoms with E-state index in [9.17, 15) is 8.42 Å². The van der Waals surface area contributed by atoms with Crippen molar-refractivity contribution >= 4 is 21.4 Å². The van der Waals surface area contributed by atoms with Gasteiger partial charge in [-0.1, -0.05) is 6.07 Å². The highest BCUT2D eigenvalue weighted by molar-refractivity contribution is 7.89. The first-order chi connectivity index (χ1) is 9.94. The van der Waals surface area contributed by atoms with E-state index >= 15 is 0 Å². The third kappa shape index (κ3) is 3.88. The zero-order valence-electron chi connectivity index (χ0n) is 12.3. The molecule has 0 saturated carbocycles. The molecule has 1 aromatic carbocycles. The minimum absolute atomic E-state index is 0.272. The van der Waals surface area contributed by atoms with E-state index in [1.807, 2.05) is 27.0 Å². The van der Waals surface area contributed by atoms with Gasteiger partial charge in [0.15, 0.2) is 0 Å². The Balaban J connectivity index is 2.19. The van der Waals surface area contributed by atoms with E-state index in [-0.39, 0.29) is 6.54 Å². The number of nitrogens with one attached hydrogen (secondary N) is 2. The number of rotatable bonds is 6. The van der Waals surface area contributed by atoms with E-state index in [1.165, 1.54) is 11.3 Å². The molecule has 0 aliphatic rings. The van der Waals surface area contributed by atoms with Crippen LogP contribution in [-0.2, 0) is 23.1 Å². The van der Waals surface area contributed by atoms with Crippen LogP contribution < -0.4 is 10.0 Å². The molecule has 2 aromatic rings. The van der Waals surface area contributed by atoms with Gasteiger partial charge in [-0.2, -0.15) is 0 Å². The van der Waals surface area contributed by atoms with Gasteiger partial charge in [0.05, 0.1) is 16.1 Å². The average Bonchev–Trinajstić information content (AvgIpc) is 2.85. The molecule has 2 N–H and O–H groups in total. The predicted molar refractivity (Wildman–Crippen MR) is 84.8 cm³/mol. The lowest BCUT2D eigenvalue weighted by Crippen LogP contribution is -2.23. The standard InChI is InChI=1S/C14H19N3O2S2/c1-10-4-5-13(6-12(10)7-15-3)21(18,19)17-8-14-11(2)16-9-20-14/h4-6,9,15,17H,7-8H2,1-3H3. The van der Waals surface area contributed by atoms with Gasteiger partial charge in [-0.25, -0.2) is 18.1 Å². The maximum Gasteiger partial charge on any atom is 0.240 e. The molecule has 1 aromatic heterocycles. The van der Waals surface area contributed by atoms with Crippen molar-refractivity contribution in [2.24, 2.45) is 0 Å². The SMILES string of the molecule is CNCc1cc(S(=O)(=O)NCc2scnc2C)ccc1C. The molecular weight excluding hydrogens is 306 g/mol. The van der Waals surface area contributed by atoms with Crippen molar-refractivity contribution < 1.29 is 8.42 Å². The van der Waals surface area contributed by atoms with Crippen LogP contribution in [0.25, 0.3) is 0 Å². The summed E-state index contributed by atoms with van der Waals surface area (Å²) in [4.78, 5) is 5.34. The summed E-state index contributed by atoms with van der Waals surface area (Å²) in [6, 6.07) is 5.18. The molecule has 0 saturated heterocycles. The van der Waals surface area contributed by atoms with Gasteiger partial charge in [0.2, 0.25) is 10.0 Å². The van der Waals surface area contributed by atoms with Crippen LogP contribution in [0.4, 0.5) is 0 Å². The van der Waals surface area contributed by atoms with Gasteiger partial charge < -0.3 is 5.32 Å². The molecule has 0 atom stereocenters. The number of sulfonamides is 1. The molecule has 7 heteroatoms. The zero-order chi connectivity index (χ0) is 15.5. The Morgan fingerprint density at radius 3 is 2.62 bits per heavy atom. The molecule has 0 aliphatic carbocycles. The Morgan fingerprint density at radius 2 is 2.00 bits per heavy atom. The summed E-state index contributed by atoms with van der Waals surface area (Å²) in [5.74, 6) is 0. The summed E-state index contributed by atoms with van der Waals surface area (Å²) >= 11 is 1.45. The Labute approximate surface area is 129 Å². The van der Waals surface area contributed by atoms with Crippen molar-refractivity contribution in [1.29, 1.82) is 0 Å². The molecule has 0 fully saturated rings. The molecule has 0 amide bonds. The molecule has 0 unspecified atom stereocenters. The van der Waals surface area contributed by atoms with Gasteiger partial charge in [-0.15, -0.1) is 11.3 Å². The third-order valence-electron chi connectivity index (χ3n) is 3.27. The first-order valence-corrected chi connectivity index (χ1v) is 8.93. The molecule has 5 nitrogen and oxygen atoms in total. The molecule has 0 bridgehead atoms. The first-order valence-electron chi connectivity index (χ1n) is 6.57. The van der Waals surface area contributed by atoms with Crippen LogP contribution in [0.5, 0.6) is 0 Å². The Kier molecular flexibility index (Phi) is 5.10. The van der Waals surface area contributed by atoms with Crippen LogP contribution >= 0.6 is 11.3 Å². The molecule has 21 heavy (non-hydrogen) atoms. The Bertz CT molecular complexity index is 724. The Morgan fingerprint density at radius 1 is 1.24 bits per heavy atom. The fourth-order valence-corrected chi connectivity index (χ4v) is 3.79. The average molecular weight is 325 g/mol. The smallest absolute Gasteiger partial charge is 0.240 e. The van der Waals surface area contributed by atoms with Crippen molar-refractivity contribution in [2.75, 3.05) is 7.05 Å². The highest BCUT2D eigenvalue weighted by Gasteiger charge is 2.16. The summed E-state index contributed by atoms with van der Waals surface area (Å²) in [5.41, 5.74) is 4.63. The maximum atomic E-state index is 12.4. The molecule has 1 heterocycles. The topological polar surface area (TPSA) is 71.1 Å². The van der Waals surface area contributed by atoms with Crippen molar-refractivity contribution in [2.45, 2.75) is 31.8 Å². The number of aromatic nitrogens is 1. The lowest BCUT2D eigenvalue weighted by molar-refractivity contribution is 0.581. The zero-order valence-corrected chi connectivity index (χ0v) is 13.9. The number of benzene rings is 1. The van der Waals surface area contributed by atoms with Crippen molar-refractivity contribution in [3.8, 4) is 0 Å². The number of thiazole rings is 1. The van der Waals surface area contributed by atoms with Crippen molar-refractivity contribution in [1.82, 2.24) is 15.0 Å². The van der Waals surface area contributed by atoms with Crippen LogP contribution in [0.3, 0.4) is 0 Å². The second kappa shape index (κ2) is 6.65. The van der Waals surface area contributed by atoms with Crippen LogP contribution in [0.15, 0.2) is 28.6 Å². The molecule has 114 valence electrons. The van der Waals surface area contributed by atoms with E-state index in [4.69, 9.17) is 0 Å². The van der Waals surface area contributed by atoms with Gasteiger partial charge in [0, 0.05) is 18.0 Å². The fraction of sp³-hybridized carbons (Fsp3) is 0.357. The second-order valence-electron chi connectivity index (χ2n) is 4.80. The summed E-state index contributed by atoms with van der Waals surface area (Å²) in [6.07, 6.45) is 0. The van der Waals surface area contributed by atoms with Gasteiger partial charge in [-0.05, 0) is 44.2 Å². The van der Waals surface area contributed by atoms with E-state index < -0.39 is 10.0 Å². The summed E-state index contributed by atoms with van der Waals surface area (Å²) < 4.78 is 27.3. The van der Waals surface area contributed by atoms with E-state index in [1.54, 1.807) is 17.6 Å². The molecule has 0 aliphatic heterocycles. The first kappa shape index (κ1) is 16.1.